The lowest BCUT2D eigenvalue weighted by molar-refractivity contribution is 0.0470. The Balaban J connectivity index is 2.12. The van der Waals surface area contributed by atoms with Crippen molar-refractivity contribution in [1.29, 1.82) is 0 Å². The summed E-state index contributed by atoms with van der Waals surface area (Å²) in [5, 5.41) is 2.77. The Morgan fingerprint density at radius 2 is 2.04 bits per heavy atom. The molecule has 0 amide bonds. The Bertz CT molecular complexity index is 1030. The molecule has 2 aromatic rings. The number of nitrogens with zero attached hydrogens (tertiary/aromatic N) is 1. The number of carbonyl (C=O) groups is 1. The number of benzene rings is 1. The van der Waals surface area contributed by atoms with Crippen molar-refractivity contribution in [2.24, 2.45) is 0 Å². The van der Waals surface area contributed by atoms with E-state index in [-0.39, 0.29) is 27.9 Å². The molecule has 1 aliphatic heterocycles. The number of ether oxygens (including phenoxy) is 1. The molecule has 0 saturated heterocycles. The molecule has 1 unspecified atom stereocenters. The van der Waals surface area contributed by atoms with Gasteiger partial charge < -0.3 is 9.84 Å². The van der Waals surface area contributed by atoms with Crippen molar-refractivity contribution in [2.45, 2.75) is 51.2 Å². The summed E-state index contributed by atoms with van der Waals surface area (Å²) in [6, 6.07) is 2.97. The molecule has 7 nitrogen and oxygen atoms in total. The molecule has 27 heavy (non-hydrogen) atoms. The Labute approximate surface area is 158 Å². The number of carbonyl (C=O) groups excluding carboxylic acids is 1. The first-order valence-corrected chi connectivity index (χ1v) is 10.8. The van der Waals surface area contributed by atoms with E-state index in [9.17, 15) is 18.0 Å². The first-order valence-electron chi connectivity index (χ1n) is 9.12. The quantitative estimate of drug-likeness (QED) is 0.761. The van der Waals surface area contributed by atoms with E-state index in [1.807, 2.05) is 6.92 Å². The number of hydrogen-bond donors (Lipinski definition) is 1. The lowest BCUT2D eigenvalue weighted by atomic mass is 9.93. The summed E-state index contributed by atoms with van der Waals surface area (Å²) in [6.07, 6.45) is 2.21. The zero-order valence-electron chi connectivity index (χ0n) is 15.7. The van der Waals surface area contributed by atoms with Gasteiger partial charge in [0.25, 0.3) is 5.56 Å². The summed E-state index contributed by atoms with van der Waals surface area (Å²) >= 11 is 0. The second kappa shape index (κ2) is 7.44. The average Bonchev–Trinajstić information content (AvgIpc) is 3.01. The molecule has 1 aromatic heterocycles. The second-order valence-corrected chi connectivity index (χ2v) is 8.76. The number of nitrogens with one attached hydrogen (secondary N) is 1. The molecule has 146 valence electrons. The fraction of sp³-hybridized carbons (Fsp3) is 0.474. The maximum absolute atomic E-state index is 13.0. The van der Waals surface area contributed by atoms with Crippen LogP contribution in [0.3, 0.4) is 0 Å². The fourth-order valence-electron chi connectivity index (χ4n) is 3.52. The van der Waals surface area contributed by atoms with Crippen LogP contribution in [0.15, 0.2) is 28.0 Å². The molecular weight excluding hydrogens is 368 g/mol. The molecule has 1 N–H and O–H groups in total. The molecule has 0 spiro atoms. The molecule has 1 atom stereocenters. The largest absolute Gasteiger partial charge is 0.373 e. The van der Waals surface area contributed by atoms with E-state index in [0.717, 1.165) is 6.42 Å². The maximum atomic E-state index is 13.0. The number of rotatable bonds is 6. The van der Waals surface area contributed by atoms with E-state index in [2.05, 4.69) is 5.10 Å². The van der Waals surface area contributed by atoms with Gasteiger partial charge in [-0.25, -0.2) is 8.42 Å². The van der Waals surface area contributed by atoms with Crippen LogP contribution < -0.4 is 5.56 Å². The molecule has 0 radical (unpaired) electrons. The number of sulfone groups is 1. The van der Waals surface area contributed by atoms with E-state index in [1.54, 1.807) is 13.8 Å². The normalized spacial score (nSPS) is 18.3. The minimum atomic E-state index is -3.40. The third-order valence-corrected chi connectivity index (χ3v) is 6.75. The number of aromatic nitrogens is 2. The van der Waals surface area contributed by atoms with E-state index < -0.39 is 15.6 Å². The highest BCUT2D eigenvalue weighted by molar-refractivity contribution is 7.91. The highest BCUT2D eigenvalue weighted by Crippen LogP contribution is 2.38. The van der Waals surface area contributed by atoms with Crippen molar-refractivity contribution in [3.05, 3.63) is 50.9 Å². The van der Waals surface area contributed by atoms with E-state index in [1.165, 1.54) is 23.0 Å². The summed E-state index contributed by atoms with van der Waals surface area (Å²) in [5.74, 6) is -0.388. The highest BCUT2D eigenvalue weighted by atomic mass is 32.2. The molecule has 8 heteroatoms. The fourth-order valence-corrected chi connectivity index (χ4v) is 5.15. The maximum Gasteiger partial charge on any atom is 0.277 e. The number of fused-ring (bicyclic) bond motifs is 1. The van der Waals surface area contributed by atoms with Gasteiger partial charge in [-0.3, -0.25) is 14.3 Å². The summed E-state index contributed by atoms with van der Waals surface area (Å²) in [7, 11) is -3.40. The molecule has 0 fully saturated rings. The van der Waals surface area contributed by atoms with E-state index >= 15 is 0 Å². The smallest absolute Gasteiger partial charge is 0.277 e. The van der Waals surface area contributed by atoms with E-state index in [4.69, 9.17) is 4.74 Å². The van der Waals surface area contributed by atoms with Crippen LogP contribution in [0, 0.1) is 6.92 Å². The van der Waals surface area contributed by atoms with Crippen molar-refractivity contribution in [3.63, 3.8) is 0 Å². The SMILES string of the molecule is CCCOC1CCS(=O)(=O)c2ccc(C(=O)c3c[nH]n(CC)c3=O)c(C)c21. The first kappa shape index (κ1) is 19.6. The van der Waals surface area contributed by atoms with Crippen molar-refractivity contribution < 1.29 is 17.9 Å². The average molecular weight is 392 g/mol. The van der Waals surface area contributed by atoms with Crippen LogP contribution in [0.25, 0.3) is 0 Å². The summed E-state index contributed by atoms with van der Waals surface area (Å²) < 4.78 is 32.2. The molecule has 0 bridgehead atoms. The van der Waals surface area contributed by atoms with Gasteiger partial charge in [-0.05, 0) is 44.4 Å². The van der Waals surface area contributed by atoms with Crippen LogP contribution in [0.1, 0.15) is 59.8 Å². The van der Waals surface area contributed by atoms with Crippen LogP contribution >= 0.6 is 0 Å². The monoisotopic (exact) mass is 392 g/mol. The van der Waals surface area contributed by atoms with Crippen LogP contribution in [0.4, 0.5) is 0 Å². The minimum Gasteiger partial charge on any atom is -0.373 e. The van der Waals surface area contributed by atoms with Gasteiger partial charge in [0.1, 0.15) is 5.56 Å². The molecule has 0 aliphatic carbocycles. The van der Waals surface area contributed by atoms with Gasteiger partial charge in [0.2, 0.25) is 0 Å². The molecule has 0 saturated carbocycles. The predicted molar refractivity (Wildman–Crippen MR) is 101 cm³/mol. The minimum absolute atomic E-state index is 0.0279. The lowest BCUT2D eigenvalue weighted by Crippen LogP contribution is -2.25. The van der Waals surface area contributed by atoms with Crippen molar-refractivity contribution in [1.82, 2.24) is 9.78 Å². The Hall–Kier alpha value is -2.19. The molecular formula is C19H24N2O5S. The van der Waals surface area contributed by atoms with Gasteiger partial charge in [-0.2, -0.15) is 0 Å². The number of aryl methyl sites for hydroxylation is 1. The predicted octanol–water partition coefficient (Wildman–Crippen LogP) is 2.38. The zero-order chi connectivity index (χ0) is 19.8. The topological polar surface area (TPSA) is 98.2 Å². The third kappa shape index (κ3) is 3.39. The van der Waals surface area contributed by atoms with Gasteiger partial charge in [0, 0.05) is 30.5 Å². The summed E-state index contributed by atoms with van der Waals surface area (Å²) in [6.45, 7) is 6.45. The first-order chi connectivity index (χ1) is 12.8. The third-order valence-electron chi connectivity index (χ3n) is 4.95. The van der Waals surface area contributed by atoms with Gasteiger partial charge in [0.05, 0.1) is 16.8 Å². The van der Waals surface area contributed by atoms with Gasteiger partial charge in [-0.1, -0.05) is 6.92 Å². The number of hydrogen-bond acceptors (Lipinski definition) is 5. The molecule has 2 heterocycles. The zero-order valence-corrected chi connectivity index (χ0v) is 16.6. The van der Waals surface area contributed by atoms with Crippen LogP contribution in [-0.2, 0) is 21.1 Å². The number of ketones is 1. The van der Waals surface area contributed by atoms with E-state index in [0.29, 0.717) is 36.3 Å². The van der Waals surface area contributed by atoms with Gasteiger partial charge in [0.15, 0.2) is 15.6 Å². The Morgan fingerprint density at radius 3 is 2.67 bits per heavy atom. The molecule has 3 rings (SSSR count). The molecule has 1 aliphatic rings. The summed E-state index contributed by atoms with van der Waals surface area (Å²) in [4.78, 5) is 25.5. The summed E-state index contributed by atoms with van der Waals surface area (Å²) in [5.41, 5.74) is 1.10. The number of aromatic amines is 1. The Kier molecular flexibility index (Phi) is 5.39. The standard InChI is InChI=1S/C19H24N2O5S/c1-4-9-26-15-8-10-27(24,25)16-7-6-13(12(3)17(15)16)18(22)14-11-20-21(5-2)19(14)23/h6-7,11,15,20H,4-5,8-10H2,1-3H3. The van der Waals surface area contributed by atoms with Crippen LogP contribution in [0.2, 0.25) is 0 Å². The van der Waals surface area contributed by atoms with Gasteiger partial charge >= 0.3 is 0 Å². The lowest BCUT2D eigenvalue weighted by Gasteiger charge is -2.28. The van der Waals surface area contributed by atoms with Crippen molar-refractivity contribution in [2.75, 3.05) is 12.4 Å². The van der Waals surface area contributed by atoms with Gasteiger partial charge in [-0.15, -0.1) is 0 Å². The Morgan fingerprint density at radius 1 is 1.30 bits per heavy atom. The van der Waals surface area contributed by atoms with Crippen molar-refractivity contribution >= 4 is 15.6 Å². The van der Waals surface area contributed by atoms with Crippen LogP contribution in [0.5, 0.6) is 0 Å². The second-order valence-electron chi connectivity index (χ2n) is 6.68. The van der Waals surface area contributed by atoms with Crippen LogP contribution in [-0.4, -0.2) is 36.3 Å². The highest BCUT2D eigenvalue weighted by Gasteiger charge is 2.34. The van der Waals surface area contributed by atoms with Crippen molar-refractivity contribution in [3.8, 4) is 0 Å². The number of H-pyrrole nitrogens is 1. The molecule has 1 aromatic carbocycles.